The number of methoxy groups -OCH3 is 1. The highest BCUT2D eigenvalue weighted by Gasteiger charge is 2.42. The molecule has 2 aliphatic rings. The molecule has 0 radical (unpaired) electrons. The van der Waals surface area contributed by atoms with Crippen LogP contribution in [0, 0.1) is 11.3 Å². The second-order valence-corrected chi connectivity index (χ2v) is 17.6. The second kappa shape index (κ2) is 10.6. The number of rotatable bonds is 9. The number of hydrogen-bond acceptors (Lipinski definition) is 8. The number of anilines is 3. The van der Waals surface area contributed by atoms with E-state index in [-0.39, 0.29) is 10.5 Å². The zero-order chi connectivity index (χ0) is 28.7. The Labute approximate surface area is 238 Å². The summed E-state index contributed by atoms with van der Waals surface area (Å²) in [6.45, 7) is 16.1. The van der Waals surface area contributed by atoms with E-state index in [4.69, 9.17) is 19.2 Å². The summed E-state index contributed by atoms with van der Waals surface area (Å²) in [7, 11) is -0.239. The fourth-order valence-corrected chi connectivity index (χ4v) is 6.33. The Hall–Kier alpha value is -3.26. The third kappa shape index (κ3) is 5.26. The summed E-state index contributed by atoms with van der Waals surface area (Å²) in [5, 5.41) is 21.9. The second-order valence-electron chi connectivity index (χ2n) is 12.8. The maximum absolute atomic E-state index is 10.0. The van der Waals surface area contributed by atoms with Crippen LogP contribution in [0.15, 0.2) is 24.4 Å². The number of nitrogens with zero attached hydrogens (tertiary/aromatic N) is 5. The third-order valence-electron chi connectivity index (χ3n) is 8.78. The summed E-state index contributed by atoms with van der Waals surface area (Å²) in [6.07, 6.45) is 4.85. The van der Waals surface area contributed by atoms with Gasteiger partial charge >= 0.3 is 0 Å². The summed E-state index contributed by atoms with van der Waals surface area (Å²) >= 11 is 0. The van der Waals surface area contributed by atoms with Crippen LogP contribution < -0.4 is 10.6 Å². The van der Waals surface area contributed by atoms with Gasteiger partial charge in [0.15, 0.2) is 8.32 Å². The van der Waals surface area contributed by atoms with Gasteiger partial charge in [-0.05, 0) is 61.2 Å². The molecule has 5 rings (SSSR count). The Balaban J connectivity index is 1.46. The van der Waals surface area contributed by atoms with Crippen molar-refractivity contribution in [2.45, 2.75) is 77.0 Å². The first-order valence-corrected chi connectivity index (χ1v) is 17.0. The zero-order valence-corrected chi connectivity index (χ0v) is 25.8. The summed E-state index contributed by atoms with van der Waals surface area (Å²) in [6, 6.07) is 8.38. The Morgan fingerprint density at radius 1 is 1.25 bits per heavy atom. The predicted octanol–water partition coefficient (Wildman–Crippen LogP) is 5.80. The minimum atomic E-state index is -1.94. The van der Waals surface area contributed by atoms with Gasteiger partial charge in [-0.3, -0.25) is 0 Å². The number of fused-ring (bicyclic) bond motifs is 2. The Morgan fingerprint density at radius 3 is 2.77 bits per heavy atom. The SMILES string of the molecule is COCCn1nc2c(c1Nc1nccc(-c3cc(C#N)c4c(c3)[C@@](C)(CO[Si](C)(C)C(C)(C)C)CN4)n1)CCC2. The highest BCUT2D eigenvalue weighted by molar-refractivity contribution is 6.74. The fourth-order valence-electron chi connectivity index (χ4n) is 5.22. The summed E-state index contributed by atoms with van der Waals surface area (Å²) in [5.41, 5.74) is 6.39. The van der Waals surface area contributed by atoms with Crippen LogP contribution in [0.4, 0.5) is 17.5 Å². The van der Waals surface area contributed by atoms with Gasteiger partial charge in [0.25, 0.3) is 0 Å². The highest BCUT2D eigenvalue weighted by Crippen LogP contribution is 2.44. The van der Waals surface area contributed by atoms with Crippen LogP contribution >= 0.6 is 0 Å². The zero-order valence-electron chi connectivity index (χ0n) is 24.8. The molecule has 2 aromatic heterocycles. The van der Waals surface area contributed by atoms with Crippen LogP contribution in [-0.2, 0) is 34.0 Å². The largest absolute Gasteiger partial charge is 0.416 e. The number of nitrogens with one attached hydrogen (secondary N) is 2. The molecule has 3 heterocycles. The number of benzene rings is 1. The lowest BCUT2D eigenvalue weighted by Crippen LogP contribution is -2.45. The normalized spacial score (nSPS) is 18.2. The molecule has 40 heavy (non-hydrogen) atoms. The van der Waals surface area contributed by atoms with E-state index in [9.17, 15) is 5.26 Å². The van der Waals surface area contributed by atoms with Crippen molar-refractivity contribution in [1.29, 1.82) is 5.26 Å². The van der Waals surface area contributed by atoms with Gasteiger partial charge in [0, 0.05) is 43.0 Å². The minimum absolute atomic E-state index is 0.126. The van der Waals surface area contributed by atoms with Gasteiger partial charge in [0.1, 0.15) is 11.9 Å². The van der Waals surface area contributed by atoms with E-state index in [1.54, 1.807) is 13.3 Å². The third-order valence-corrected chi connectivity index (χ3v) is 13.3. The van der Waals surface area contributed by atoms with E-state index in [1.165, 1.54) is 5.56 Å². The molecule has 0 unspecified atom stereocenters. The van der Waals surface area contributed by atoms with Gasteiger partial charge in [-0.2, -0.15) is 10.4 Å². The molecular weight excluding hydrogens is 518 g/mol. The predicted molar refractivity (Wildman–Crippen MR) is 161 cm³/mol. The molecule has 0 saturated carbocycles. The number of aryl methyl sites for hydroxylation is 1. The van der Waals surface area contributed by atoms with E-state index in [1.807, 2.05) is 16.8 Å². The van der Waals surface area contributed by atoms with Crippen LogP contribution in [0.2, 0.25) is 18.1 Å². The maximum Gasteiger partial charge on any atom is 0.228 e. The van der Waals surface area contributed by atoms with Gasteiger partial charge in [0.05, 0.1) is 35.8 Å². The molecule has 1 aliphatic carbocycles. The smallest absolute Gasteiger partial charge is 0.228 e. The lowest BCUT2D eigenvalue weighted by Gasteiger charge is -2.39. The Morgan fingerprint density at radius 2 is 2.05 bits per heavy atom. The van der Waals surface area contributed by atoms with Crippen LogP contribution in [0.5, 0.6) is 0 Å². The molecule has 0 amide bonds. The van der Waals surface area contributed by atoms with Crippen molar-refractivity contribution < 1.29 is 9.16 Å². The first kappa shape index (κ1) is 28.3. The summed E-state index contributed by atoms with van der Waals surface area (Å²) in [5.74, 6) is 1.44. The van der Waals surface area contributed by atoms with Crippen LogP contribution in [0.25, 0.3) is 11.3 Å². The highest BCUT2D eigenvalue weighted by atomic mass is 28.4. The van der Waals surface area contributed by atoms with Crippen molar-refractivity contribution in [1.82, 2.24) is 19.7 Å². The summed E-state index contributed by atoms with van der Waals surface area (Å²) < 4.78 is 13.9. The van der Waals surface area contributed by atoms with Gasteiger partial charge in [0.2, 0.25) is 5.95 Å². The van der Waals surface area contributed by atoms with E-state index < -0.39 is 8.32 Å². The van der Waals surface area contributed by atoms with Crippen molar-refractivity contribution in [3.63, 3.8) is 0 Å². The van der Waals surface area contributed by atoms with Crippen molar-refractivity contribution in [3.05, 3.63) is 46.8 Å². The van der Waals surface area contributed by atoms with E-state index in [2.05, 4.69) is 68.5 Å². The summed E-state index contributed by atoms with van der Waals surface area (Å²) in [4.78, 5) is 9.40. The van der Waals surface area contributed by atoms with Crippen LogP contribution in [0.3, 0.4) is 0 Å². The number of hydrogen-bond donors (Lipinski definition) is 2. The number of aromatic nitrogens is 4. The van der Waals surface area contributed by atoms with Crippen molar-refractivity contribution >= 4 is 25.8 Å². The number of nitriles is 1. The maximum atomic E-state index is 10.0. The molecule has 1 aliphatic heterocycles. The van der Waals surface area contributed by atoms with Gasteiger partial charge in [-0.25, -0.2) is 14.6 Å². The van der Waals surface area contributed by atoms with Gasteiger partial charge in [-0.1, -0.05) is 27.7 Å². The molecule has 0 fully saturated rings. The molecule has 0 bridgehead atoms. The van der Waals surface area contributed by atoms with Gasteiger partial charge < -0.3 is 19.8 Å². The Kier molecular flexibility index (Phi) is 7.50. The van der Waals surface area contributed by atoms with Crippen LogP contribution in [0.1, 0.15) is 56.5 Å². The molecule has 0 spiro atoms. The standard InChI is InChI=1S/C30H41N7O2Si/c1-29(2,3)40(6,7)39-19-30(4)18-33-26-21(17-31)15-20(16-23(26)30)24-11-12-32-28(34-24)35-27-22-9-8-10-25(22)36-37(27)13-14-38-5/h11-12,15-16,33H,8-10,13-14,18-19H2,1-7H3,(H,32,34,35)/t30-/m1/s1. The average Bonchev–Trinajstić information content (AvgIpc) is 3.60. The van der Waals surface area contributed by atoms with Crippen molar-refractivity contribution in [2.24, 2.45) is 0 Å². The molecule has 2 N–H and O–H groups in total. The molecule has 0 saturated heterocycles. The fraction of sp³-hybridized carbons (Fsp3) is 0.533. The lowest BCUT2D eigenvalue weighted by atomic mass is 9.83. The first-order valence-electron chi connectivity index (χ1n) is 14.1. The Bertz CT molecular complexity index is 1450. The molecular formula is C30H41N7O2Si. The molecule has 10 heteroatoms. The van der Waals surface area contributed by atoms with E-state index in [0.29, 0.717) is 31.3 Å². The molecule has 9 nitrogen and oxygen atoms in total. The minimum Gasteiger partial charge on any atom is -0.416 e. The topological polar surface area (TPSA) is 110 Å². The molecule has 1 aromatic carbocycles. The molecule has 3 aromatic rings. The molecule has 212 valence electrons. The van der Waals surface area contributed by atoms with Gasteiger partial charge in [-0.15, -0.1) is 0 Å². The lowest BCUT2D eigenvalue weighted by molar-refractivity contribution is 0.184. The monoisotopic (exact) mass is 559 g/mol. The van der Waals surface area contributed by atoms with Crippen molar-refractivity contribution in [2.75, 3.05) is 37.5 Å². The van der Waals surface area contributed by atoms with Crippen molar-refractivity contribution in [3.8, 4) is 17.3 Å². The quantitative estimate of drug-likeness (QED) is 0.317. The average molecular weight is 560 g/mol. The van der Waals surface area contributed by atoms with Crippen LogP contribution in [-0.4, -0.2) is 54.9 Å². The number of ether oxygens (including phenoxy) is 1. The first-order chi connectivity index (χ1) is 19.0. The molecule has 1 atom stereocenters. The van der Waals surface area contributed by atoms with E-state index >= 15 is 0 Å². The van der Waals surface area contributed by atoms with E-state index in [0.717, 1.165) is 59.8 Å².